The van der Waals surface area contributed by atoms with Crippen LogP contribution in [0.4, 0.5) is 5.82 Å². The number of benzene rings is 2. The van der Waals surface area contributed by atoms with Gasteiger partial charge in [0.1, 0.15) is 17.6 Å². The van der Waals surface area contributed by atoms with Crippen LogP contribution in [0, 0.1) is 25.2 Å². The molecule has 0 unspecified atom stereocenters. The minimum absolute atomic E-state index is 0.349. The second kappa shape index (κ2) is 10.1. The Morgan fingerprint density at radius 2 is 1.88 bits per heavy atom. The first-order valence-electron chi connectivity index (χ1n) is 9.90. The van der Waals surface area contributed by atoms with E-state index in [2.05, 4.69) is 11.4 Å². The first-order chi connectivity index (χ1) is 15.4. The average Bonchev–Trinajstić information content (AvgIpc) is 3.05. The maximum Gasteiger partial charge on any atom is 0.331 e. The molecule has 1 heterocycles. The smallest absolute Gasteiger partial charge is 0.331 e. The van der Waals surface area contributed by atoms with Gasteiger partial charge in [0.05, 0.1) is 12.7 Å². The molecular formula is C25H23N3O4. The maximum atomic E-state index is 12.5. The number of aromatic nitrogens is 1. The highest BCUT2D eigenvalue weighted by Crippen LogP contribution is 2.29. The van der Waals surface area contributed by atoms with Crippen LogP contribution in [0.2, 0.25) is 0 Å². The van der Waals surface area contributed by atoms with E-state index in [0.29, 0.717) is 17.1 Å². The van der Waals surface area contributed by atoms with Gasteiger partial charge in [0.25, 0.3) is 5.91 Å². The number of nitriles is 1. The molecule has 0 saturated heterocycles. The summed E-state index contributed by atoms with van der Waals surface area (Å²) in [6, 6.07) is 18.7. The number of nitrogens with zero attached hydrogens (tertiary/aromatic N) is 2. The van der Waals surface area contributed by atoms with E-state index in [1.54, 1.807) is 36.0 Å². The van der Waals surface area contributed by atoms with Crippen molar-refractivity contribution in [3.05, 3.63) is 83.1 Å². The van der Waals surface area contributed by atoms with Gasteiger partial charge in [-0.15, -0.1) is 0 Å². The highest BCUT2D eigenvalue weighted by atomic mass is 16.5. The van der Waals surface area contributed by atoms with Crippen LogP contribution in [-0.4, -0.2) is 30.2 Å². The SMILES string of the molecule is COc1cccc(/C=C/C(=O)OCC(=O)Nc2c(C#N)c(C)c(C)n2-c2ccccc2)c1. The molecule has 3 rings (SSSR count). The Bertz CT molecular complexity index is 1200. The van der Waals surface area contributed by atoms with Crippen LogP contribution in [0.15, 0.2) is 60.7 Å². The predicted molar refractivity (Wildman–Crippen MR) is 122 cm³/mol. The first-order valence-corrected chi connectivity index (χ1v) is 9.90. The molecule has 0 aliphatic rings. The number of carbonyl (C=O) groups is 2. The molecule has 7 heteroatoms. The maximum absolute atomic E-state index is 12.5. The Labute approximate surface area is 186 Å². The number of amides is 1. The second-order valence-corrected chi connectivity index (χ2v) is 6.98. The van der Waals surface area contributed by atoms with Crippen LogP contribution in [0.25, 0.3) is 11.8 Å². The van der Waals surface area contributed by atoms with Gasteiger partial charge in [-0.05, 0) is 55.3 Å². The van der Waals surface area contributed by atoms with Gasteiger partial charge >= 0.3 is 5.97 Å². The molecule has 0 fully saturated rings. The molecule has 3 aromatic rings. The topological polar surface area (TPSA) is 93.3 Å². The highest BCUT2D eigenvalue weighted by Gasteiger charge is 2.21. The van der Waals surface area contributed by atoms with Gasteiger partial charge < -0.3 is 14.8 Å². The monoisotopic (exact) mass is 429 g/mol. The Hall–Kier alpha value is -4.31. The summed E-state index contributed by atoms with van der Waals surface area (Å²) in [7, 11) is 1.56. The molecule has 0 bridgehead atoms. The molecule has 0 spiro atoms. The van der Waals surface area contributed by atoms with Gasteiger partial charge in [-0.1, -0.05) is 30.3 Å². The van der Waals surface area contributed by atoms with Gasteiger partial charge in [0, 0.05) is 17.5 Å². The number of hydrogen-bond donors (Lipinski definition) is 1. The fourth-order valence-corrected chi connectivity index (χ4v) is 3.22. The lowest BCUT2D eigenvalue weighted by Crippen LogP contribution is -2.22. The van der Waals surface area contributed by atoms with E-state index in [0.717, 1.165) is 22.5 Å². The third-order valence-electron chi connectivity index (χ3n) is 4.95. The molecule has 1 aromatic heterocycles. The van der Waals surface area contributed by atoms with Crippen molar-refractivity contribution in [3.8, 4) is 17.5 Å². The molecule has 0 atom stereocenters. The van der Waals surface area contributed by atoms with Crippen LogP contribution in [0.5, 0.6) is 5.75 Å². The third kappa shape index (κ3) is 5.05. The van der Waals surface area contributed by atoms with Crippen molar-refractivity contribution in [2.75, 3.05) is 19.0 Å². The van der Waals surface area contributed by atoms with Gasteiger partial charge in [0.15, 0.2) is 6.61 Å². The number of rotatable bonds is 7. The van der Waals surface area contributed by atoms with Gasteiger partial charge in [-0.25, -0.2) is 4.79 Å². The Morgan fingerprint density at radius 1 is 1.12 bits per heavy atom. The number of para-hydroxylation sites is 1. The van der Waals surface area contributed by atoms with Crippen LogP contribution < -0.4 is 10.1 Å². The number of anilines is 1. The molecule has 7 nitrogen and oxygen atoms in total. The summed E-state index contributed by atoms with van der Waals surface area (Å²) in [6.07, 6.45) is 2.81. The normalized spacial score (nSPS) is 10.6. The molecule has 0 saturated carbocycles. The molecule has 0 radical (unpaired) electrons. The minimum Gasteiger partial charge on any atom is -0.497 e. The molecule has 1 amide bonds. The summed E-state index contributed by atoms with van der Waals surface area (Å²) in [5, 5.41) is 12.3. The Morgan fingerprint density at radius 3 is 2.56 bits per heavy atom. The second-order valence-electron chi connectivity index (χ2n) is 6.98. The van der Waals surface area contributed by atoms with Gasteiger partial charge in [-0.3, -0.25) is 9.36 Å². The van der Waals surface area contributed by atoms with E-state index in [-0.39, 0.29) is 0 Å². The summed E-state index contributed by atoms with van der Waals surface area (Å²) in [4.78, 5) is 24.5. The lowest BCUT2D eigenvalue weighted by atomic mass is 10.2. The van der Waals surface area contributed by atoms with E-state index in [1.807, 2.05) is 50.2 Å². The number of carbonyl (C=O) groups excluding carboxylic acids is 2. The molecule has 2 aromatic carbocycles. The van der Waals surface area contributed by atoms with Crippen molar-refractivity contribution < 1.29 is 19.1 Å². The Kier molecular flexibility index (Phi) is 7.09. The van der Waals surface area contributed by atoms with Crippen molar-refractivity contribution in [1.82, 2.24) is 4.57 Å². The zero-order valence-electron chi connectivity index (χ0n) is 18.1. The quantitative estimate of drug-likeness (QED) is 0.449. The van der Waals surface area contributed by atoms with Crippen molar-refractivity contribution in [1.29, 1.82) is 5.26 Å². The van der Waals surface area contributed by atoms with E-state index in [9.17, 15) is 14.9 Å². The average molecular weight is 429 g/mol. The summed E-state index contributed by atoms with van der Waals surface area (Å²) in [5.74, 6) is -0.185. The molecule has 1 N–H and O–H groups in total. The summed E-state index contributed by atoms with van der Waals surface area (Å²) in [6.45, 7) is 3.22. The van der Waals surface area contributed by atoms with Crippen molar-refractivity contribution in [2.24, 2.45) is 0 Å². The fourth-order valence-electron chi connectivity index (χ4n) is 3.22. The Balaban J connectivity index is 1.70. The fraction of sp³-hybridized carbons (Fsp3) is 0.160. The lowest BCUT2D eigenvalue weighted by molar-refractivity contribution is -0.142. The summed E-state index contributed by atoms with van der Waals surface area (Å²) < 4.78 is 12.0. The van der Waals surface area contributed by atoms with E-state index in [1.165, 1.54) is 6.08 Å². The van der Waals surface area contributed by atoms with E-state index in [4.69, 9.17) is 9.47 Å². The number of hydrogen-bond acceptors (Lipinski definition) is 5. The number of ether oxygens (including phenoxy) is 2. The van der Waals surface area contributed by atoms with Crippen LogP contribution in [0.3, 0.4) is 0 Å². The first kappa shape index (κ1) is 22.4. The van der Waals surface area contributed by atoms with Crippen LogP contribution in [-0.2, 0) is 14.3 Å². The van der Waals surface area contributed by atoms with Crippen molar-refractivity contribution in [2.45, 2.75) is 13.8 Å². The largest absolute Gasteiger partial charge is 0.497 e. The third-order valence-corrected chi connectivity index (χ3v) is 4.95. The minimum atomic E-state index is -0.658. The highest BCUT2D eigenvalue weighted by molar-refractivity contribution is 5.95. The molecule has 32 heavy (non-hydrogen) atoms. The van der Waals surface area contributed by atoms with E-state index >= 15 is 0 Å². The number of nitrogens with one attached hydrogen (secondary N) is 1. The van der Waals surface area contributed by atoms with E-state index < -0.39 is 18.5 Å². The predicted octanol–water partition coefficient (Wildman–Crippen LogP) is 4.17. The molecule has 162 valence electrons. The standard InChI is InChI=1S/C25H23N3O4/c1-17-18(2)28(20-9-5-4-6-10-20)25(22(17)15-26)27-23(29)16-32-24(30)13-12-19-8-7-11-21(14-19)31-3/h4-14H,16H2,1-3H3,(H,27,29)/b13-12+. The van der Waals surface area contributed by atoms with Gasteiger partial charge in [0.2, 0.25) is 0 Å². The van der Waals surface area contributed by atoms with Crippen LogP contribution >= 0.6 is 0 Å². The van der Waals surface area contributed by atoms with Gasteiger partial charge in [-0.2, -0.15) is 5.26 Å². The zero-order valence-corrected chi connectivity index (χ0v) is 18.1. The number of esters is 1. The molecule has 0 aliphatic carbocycles. The molecular weight excluding hydrogens is 406 g/mol. The summed E-state index contributed by atoms with van der Waals surface area (Å²) in [5.41, 5.74) is 3.54. The summed E-state index contributed by atoms with van der Waals surface area (Å²) >= 11 is 0. The zero-order chi connectivity index (χ0) is 23.1. The number of methoxy groups -OCH3 is 1. The van der Waals surface area contributed by atoms with Crippen molar-refractivity contribution >= 4 is 23.8 Å². The van der Waals surface area contributed by atoms with Crippen LogP contribution in [0.1, 0.15) is 22.4 Å². The van der Waals surface area contributed by atoms with Crippen molar-refractivity contribution in [3.63, 3.8) is 0 Å². The molecule has 0 aliphatic heterocycles. The lowest BCUT2D eigenvalue weighted by Gasteiger charge is -2.13.